The van der Waals surface area contributed by atoms with Gasteiger partial charge in [-0.3, -0.25) is 24.1 Å². The molecule has 0 bridgehead atoms. The molecule has 2 aromatic rings. The summed E-state index contributed by atoms with van der Waals surface area (Å²) >= 11 is 0. The van der Waals surface area contributed by atoms with E-state index in [1.54, 1.807) is 62.6 Å². The van der Waals surface area contributed by atoms with Gasteiger partial charge in [-0.2, -0.15) is 0 Å². The number of amides is 4. The first-order valence-corrected chi connectivity index (χ1v) is 9.00. The van der Waals surface area contributed by atoms with Crippen molar-refractivity contribution < 1.29 is 23.9 Å². The fourth-order valence-corrected chi connectivity index (χ4v) is 2.83. The summed E-state index contributed by atoms with van der Waals surface area (Å²) in [5, 5.41) is 2.68. The van der Waals surface area contributed by atoms with Crippen molar-refractivity contribution in [3.8, 4) is 5.75 Å². The summed E-state index contributed by atoms with van der Waals surface area (Å²) in [5.74, 6) is -1.15. The minimum atomic E-state index is -0.976. The average Bonchev–Trinajstić information content (AvgIpc) is 2.97. The summed E-state index contributed by atoms with van der Waals surface area (Å²) < 4.78 is 5.38. The molecule has 0 saturated carbocycles. The van der Waals surface area contributed by atoms with Crippen LogP contribution in [0.25, 0.3) is 0 Å². The number of ether oxygens (including phenoxy) is 1. The topological polar surface area (TPSA) is 96.0 Å². The van der Waals surface area contributed by atoms with E-state index in [1.165, 1.54) is 11.8 Å². The summed E-state index contributed by atoms with van der Waals surface area (Å²) in [6.07, 6.45) is 0. The number of benzene rings is 2. The molecule has 0 radical (unpaired) electrons. The second-order valence-corrected chi connectivity index (χ2v) is 6.79. The Morgan fingerprint density at radius 3 is 2.07 bits per heavy atom. The molecule has 2 aromatic carbocycles. The number of hydrogen-bond acceptors (Lipinski definition) is 5. The van der Waals surface area contributed by atoms with Crippen molar-refractivity contribution in [2.75, 3.05) is 26.0 Å². The molecule has 0 fully saturated rings. The van der Waals surface area contributed by atoms with Crippen LogP contribution in [0.3, 0.4) is 0 Å². The molecular weight excluding hydrogens is 374 g/mol. The molecule has 150 valence electrons. The molecule has 1 aliphatic rings. The number of anilines is 1. The number of nitrogens with one attached hydrogen (secondary N) is 1. The van der Waals surface area contributed by atoms with Gasteiger partial charge >= 0.3 is 0 Å². The van der Waals surface area contributed by atoms with Crippen LogP contribution in [0.15, 0.2) is 48.5 Å². The molecule has 1 atom stereocenters. The lowest BCUT2D eigenvalue weighted by Gasteiger charge is -2.21. The zero-order chi connectivity index (χ0) is 21.1. The Hall–Kier alpha value is -3.68. The van der Waals surface area contributed by atoms with Crippen molar-refractivity contribution in [1.82, 2.24) is 9.80 Å². The SMILES string of the molecule is CC(C(=O)Nc1ccc(OCC(=O)N(C)C)cc1)N1C(=O)c2ccccc2C1=O. The number of nitrogens with zero attached hydrogens (tertiary/aromatic N) is 2. The molecular formula is C21H21N3O5. The predicted molar refractivity (Wildman–Crippen MR) is 106 cm³/mol. The third-order valence-electron chi connectivity index (χ3n) is 4.58. The highest BCUT2D eigenvalue weighted by atomic mass is 16.5. The third kappa shape index (κ3) is 4.11. The highest BCUT2D eigenvalue weighted by Crippen LogP contribution is 2.25. The average molecular weight is 395 g/mol. The maximum absolute atomic E-state index is 12.6. The standard InChI is InChI=1S/C21H21N3O5/c1-13(24-20(27)16-6-4-5-7-17(16)21(24)28)19(26)22-14-8-10-15(11-9-14)29-12-18(25)23(2)3/h4-11,13H,12H2,1-3H3,(H,22,26). The Balaban J connectivity index is 1.62. The van der Waals surface area contributed by atoms with Gasteiger partial charge in [-0.1, -0.05) is 12.1 Å². The van der Waals surface area contributed by atoms with E-state index >= 15 is 0 Å². The monoisotopic (exact) mass is 395 g/mol. The zero-order valence-corrected chi connectivity index (χ0v) is 16.3. The van der Waals surface area contributed by atoms with Gasteiger partial charge in [-0.15, -0.1) is 0 Å². The molecule has 3 rings (SSSR count). The lowest BCUT2D eigenvalue weighted by atomic mass is 10.1. The molecule has 0 saturated heterocycles. The molecule has 1 N–H and O–H groups in total. The number of likely N-dealkylation sites (N-methyl/N-ethyl adjacent to an activating group) is 1. The molecule has 1 aliphatic heterocycles. The van der Waals surface area contributed by atoms with Gasteiger partial charge in [0.15, 0.2) is 6.61 Å². The number of rotatable bonds is 6. The fraction of sp³-hybridized carbons (Fsp3) is 0.238. The number of imide groups is 1. The van der Waals surface area contributed by atoms with Crippen LogP contribution in [-0.4, -0.2) is 60.2 Å². The number of hydrogen-bond donors (Lipinski definition) is 1. The molecule has 0 aromatic heterocycles. The van der Waals surface area contributed by atoms with Crippen LogP contribution in [-0.2, 0) is 9.59 Å². The van der Waals surface area contributed by atoms with E-state index in [9.17, 15) is 19.2 Å². The molecule has 8 nitrogen and oxygen atoms in total. The van der Waals surface area contributed by atoms with Crippen molar-refractivity contribution in [2.45, 2.75) is 13.0 Å². The molecule has 8 heteroatoms. The lowest BCUT2D eigenvalue weighted by molar-refractivity contribution is -0.130. The first-order chi connectivity index (χ1) is 13.8. The highest BCUT2D eigenvalue weighted by molar-refractivity contribution is 6.23. The molecule has 0 aliphatic carbocycles. The van der Waals surface area contributed by atoms with E-state index in [1.807, 2.05) is 0 Å². The molecule has 0 spiro atoms. The van der Waals surface area contributed by atoms with Gasteiger partial charge in [-0.05, 0) is 43.3 Å². The van der Waals surface area contributed by atoms with E-state index in [-0.39, 0.29) is 12.5 Å². The molecule has 4 amide bonds. The van der Waals surface area contributed by atoms with Gasteiger partial charge in [0.05, 0.1) is 11.1 Å². The smallest absolute Gasteiger partial charge is 0.262 e. The van der Waals surface area contributed by atoms with Crippen molar-refractivity contribution >= 4 is 29.3 Å². The highest BCUT2D eigenvalue weighted by Gasteiger charge is 2.40. The van der Waals surface area contributed by atoms with Crippen LogP contribution in [0.5, 0.6) is 5.75 Å². The summed E-state index contributed by atoms with van der Waals surface area (Å²) in [6, 6.07) is 12.0. The molecule has 1 heterocycles. The number of fused-ring (bicyclic) bond motifs is 1. The van der Waals surface area contributed by atoms with Crippen LogP contribution < -0.4 is 10.1 Å². The summed E-state index contributed by atoms with van der Waals surface area (Å²) in [4.78, 5) is 51.5. The Morgan fingerprint density at radius 1 is 1.00 bits per heavy atom. The first kappa shape index (κ1) is 20.1. The first-order valence-electron chi connectivity index (χ1n) is 9.00. The van der Waals surface area contributed by atoms with E-state index in [2.05, 4.69) is 5.32 Å². The van der Waals surface area contributed by atoms with Gasteiger partial charge in [0, 0.05) is 19.8 Å². The van der Waals surface area contributed by atoms with E-state index in [0.717, 1.165) is 4.90 Å². The summed E-state index contributed by atoms with van der Waals surface area (Å²) in [6.45, 7) is 1.41. The van der Waals surface area contributed by atoms with Crippen LogP contribution in [0.4, 0.5) is 5.69 Å². The van der Waals surface area contributed by atoms with Crippen molar-refractivity contribution in [3.05, 3.63) is 59.7 Å². The van der Waals surface area contributed by atoms with Crippen molar-refractivity contribution in [3.63, 3.8) is 0 Å². The van der Waals surface area contributed by atoms with E-state index < -0.39 is 23.8 Å². The van der Waals surface area contributed by atoms with Gasteiger partial charge in [0.2, 0.25) is 5.91 Å². The quantitative estimate of drug-likeness (QED) is 0.752. The maximum atomic E-state index is 12.6. The van der Waals surface area contributed by atoms with Crippen molar-refractivity contribution in [1.29, 1.82) is 0 Å². The zero-order valence-electron chi connectivity index (χ0n) is 16.3. The maximum Gasteiger partial charge on any atom is 0.262 e. The van der Waals surface area contributed by atoms with E-state index in [0.29, 0.717) is 22.6 Å². The minimum Gasteiger partial charge on any atom is -0.484 e. The molecule has 1 unspecified atom stereocenters. The number of carbonyl (C=O) groups is 4. The largest absolute Gasteiger partial charge is 0.484 e. The second kappa shape index (κ2) is 8.14. The fourth-order valence-electron chi connectivity index (χ4n) is 2.83. The van der Waals surface area contributed by atoms with Gasteiger partial charge in [0.1, 0.15) is 11.8 Å². The number of carbonyl (C=O) groups excluding carboxylic acids is 4. The van der Waals surface area contributed by atoms with Crippen LogP contribution in [0.2, 0.25) is 0 Å². The van der Waals surface area contributed by atoms with Gasteiger partial charge in [0.25, 0.3) is 17.7 Å². The third-order valence-corrected chi connectivity index (χ3v) is 4.58. The summed E-state index contributed by atoms with van der Waals surface area (Å²) in [7, 11) is 3.28. The normalized spacial score (nSPS) is 13.7. The van der Waals surface area contributed by atoms with Gasteiger partial charge in [-0.25, -0.2) is 0 Å². The van der Waals surface area contributed by atoms with Crippen LogP contribution in [0.1, 0.15) is 27.6 Å². The Morgan fingerprint density at radius 2 is 1.55 bits per heavy atom. The lowest BCUT2D eigenvalue weighted by Crippen LogP contribution is -2.45. The second-order valence-electron chi connectivity index (χ2n) is 6.79. The molecule has 29 heavy (non-hydrogen) atoms. The predicted octanol–water partition coefficient (Wildman–Crippen LogP) is 1.78. The minimum absolute atomic E-state index is 0.0878. The summed E-state index contributed by atoms with van der Waals surface area (Å²) in [5.41, 5.74) is 1.07. The van der Waals surface area contributed by atoms with Crippen LogP contribution >= 0.6 is 0 Å². The Labute approximate surface area is 168 Å². The van der Waals surface area contributed by atoms with E-state index in [4.69, 9.17) is 4.74 Å². The van der Waals surface area contributed by atoms with Gasteiger partial charge < -0.3 is 15.0 Å². The van der Waals surface area contributed by atoms with Crippen LogP contribution in [0, 0.1) is 0 Å². The Bertz CT molecular complexity index is 934. The Kier molecular flexibility index (Phi) is 5.63. The van der Waals surface area contributed by atoms with Crippen molar-refractivity contribution in [2.24, 2.45) is 0 Å².